The van der Waals surface area contributed by atoms with Crippen LogP contribution in [0.25, 0.3) is 0 Å². The highest BCUT2D eigenvalue weighted by molar-refractivity contribution is 5.94. The molecule has 4 rings (SSSR count). The van der Waals surface area contributed by atoms with E-state index >= 15 is 0 Å². The highest BCUT2D eigenvalue weighted by Crippen LogP contribution is 2.48. The van der Waals surface area contributed by atoms with Gasteiger partial charge < -0.3 is 14.6 Å². The number of nitrogens with one attached hydrogen (secondary N) is 1. The molecule has 1 aromatic carbocycles. The molecule has 1 N–H and O–H groups in total. The van der Waals surface area contributed by atoms with Crippen molar-refractivity contribution in [3.8, 4) is 0 Å². The molecule has 5 heteroatoms. The molecule has 25 heavy (non-hydrogen) atoms. The van der Waals surface area contributed by atoms with Crippen molar-refractivity contribution < 1.29 is 14.0 Å². The maximum atomic E-state index is 12.5. The second kappa shape index (κ2) is 6.39. The molecule has 0 saturated heterocycles. The van der Waals surface area contributed by atoms with Gasteiger partial charge >= 0.3 is 0 Å². The third-order valence-corrected chi connectivity index (χ3v) is 4.94. The lowest BCUT2D eigenvalue weighted by molar-refractivity contribution is -0.131. The van der Waals surface area contributed by atoms with Crippen LogP contribution in [0.4, 0.5) is 0 Å². The molecule has 2 atom stereocenters. The van der Waals surface area contributed by atoms with E-state index in [2.05, 4.69) is 5.32 Å². The van der Waals surface area contributed by atoms with E-state index in [4.69, 9.17) is 4.42 Å². The van der Waals surface area contributed by atoms with Crippen molar-refractivity contribution in [2.75, 3.05) is 7.05 Å². The third kappa shape index (κ3) is 3.60. The molecule has 130 valence electrons. The van der Waals surface area contributed by atoms with Gasteiger partial charge in [0, 0.05) is 37.0 Å². The van der Waals surface area contributed by atoms with E-state index in [-0.39, 0.29) is 23.7 Å². The van der Waals surface area contributed by atoms with Crippen LogP contribution in [0.15, 0.2) is 47.1 Å². The minimum Gasteiger partial charge on any atom is -0.469 e. The van der Waals surface area contributed by atoms with Crippen LogP contribution in [0.2, 0.25) is 0 Å². The molecule has 0 aliphatic heterocycles. The van der Waals surface area contributed by atoms with Gasteiger partial charge in [0.1, 0.15) is 5.76 Å². The summed E-state index contributed by atoms with van der Waals surface area (Å²) in [5, 5.41) is 2.98. The lowest BCUT2D eigenvalue weighted by atomic mass is 10.1. The Bertz CT molecular complexity index is 763. The Morgan fingerprint density at radius 2 is 1.96 bits per heavy atom. The predicted octanol–water partition coefficient (Wildman–Crippen LogP) is 2.93. The Morgan fingerprint density at radius 1 is 1.20 bits per heavy atom. The Labute approximate surface area is 147 Å². The van der Waals surface area contributed by atoms with Gasteiger partial charge in [-0.15, -0.1) is 0 Å². The Morgan fingerprint density at radius 3 is 2.60 bits per heavy atom. The van der Waals surface area contributed by atoms with Crippen LogP contribution < -0.4 is 5.32 Å². The number of carbonyl (C=O) groups excluding carboxylic acids is 2. The zero-order valence-electron chi connectivity index (χ0n) is 14.3. The lowest BCUT2D eigenvalue weighted by Gasteiger charge is -2.17. The van der Waals surface area contributed by atoms with Crippen LogP contribution in [0.5, 0.6) is 0 Å². The Balaban J connectivity index is 1.32. The largest absolute Gasteiger partial charge is 0.469 e. The summed E-state index contributed by atoms with van der Waals surface area (Å²) < 4.78 is 5.39. The fourth-order valence-corrected chi connectivity index (χ4v) is 3.18. The average molecular weight is 338 g/mol. The summed E-state index contributed by atoms with van der Waals surface area (Å²) in [6.07, 6.45) is 4.67. The van der Waals surface area contributed by atoms with Gasteiger partial charge in [0.2, 0.25) is 5.91 Å². The summed E-state index contributed by atoms with van der Waals surface area (Å²) >= 11 is 0. The van der Waals surface area contributed by atoms with Crippen molar-refractivity contribution >= 4 is 11.8 Å². The highest BCUT2D eigenvalue weighted by Gasteiger charge is 2.46. The number of benzene rings is 1. The van der Waals surface area contributed by atoms with Gasteiger partial charge in [0.05, 0.1) is 6.26 Å². The number of hydrogen-bond acceptors (Lipinski definition) is 3. The molecule has 2 fully saturated rings. The first-order chi connectivity index (χ1) is 12.1. The van der Waals surface area contributed by atoms with Gasteiger partial charge in [0.25, 0.3) is 5.91 Å². The molecule has 2 amide bonds. The number of carbonyl (C=O) groups is 2. The predicted molar refractivity (Wildman–Crippen MR) is 93.0 cm³/mol. The number of amides is 2. The molecule has 2 aliphatic rings. The molecule has 0 spiro atoms. The average Bonchev–Trinajstić information content (AvgIpc) is 3.54. The smallest absolute Gasteiger partial charge is 0.251 e. The highest BCUT2D eigenvalue weighted by atomic mass is 16.3. The van der Waals surface area contributed by atoms with Crippen molar-refractivity contribution in [3.05, 3.63) is 59.5 Å². The molecule has 1 heterocycles. The van der Waals surface area contributed by atoms with Crippen molar-refractivity contribution in [3.63, 3.8) is 0 Å². The van der Waals surface area contributed by atoms with Gasteiger partial charge in [-0.3, -0.25) is 9.59 Å². The summed E-state index contributed by atoms with van der Waals surface area (Å²) in [5.41, 5.74) is 1.69. The fourth-order valence-electron chi connectivity index (χ4n) is 3.18. The van der Waals surface area contributed by atoms with Crippen molar-refractivity contribution in [1.82, 2.24) is 10.2 Å². The summed E-state index contributed by atoms with van der Waals surface area (Å²) in [7, 11) is 1.83. The van der Waals surface area contributed by atoms with Gasteiger partial charge in [0.15, 0.2) is 0 Å². The second-order valence-electron chi connectivity index (χ2n) is 7.10. The summed E-state index contributed by atoms with van der Waals surface area (Å²) in [6, 6.07) is 11.6. The van der Waals surface area contributed by atoms with E-state index in [9.17, 15) is 9.59 Å². The molecule has 2 aromatic rings. The van der Waals surface area contributed by atoms with E-state index in [1.165, 1.54) is 0 Å². The van der Waals surface area contributed by atoms with Crippen LogP contribution in [-0.4, -0.2) is 29.8 Å². The zero-order chi connectivity index (χ0) is 17.4. The van der Waals surface area contributed by atoms with E-state index in [1.807, 2.05) is 43.4 Å². The molecular formula is C20H22N2O3. The molecule has 1 aromatic heterocycles. The number of rotatable bonds is 6. The van der Waals surface area contributed by atoms with E-state index in [1.54, 1.807) is 11.2 Å². The first-order valence-corrected chi connectivity index (χ1v) is 8.80. The summed E-state index contributed by atoms with van der Waals surface area (Å²) in [5.74, 6) is 1.28. The quantitative estimate of drug-likeness (QED) is 0.881. The monoisotopic (exact) mass is 338 g/mol. The van der Waals surface area contributed by atoms with Crippen molar-refractivity contribution in [1.29, 1.82) is 0 Å². The summed E-state index contributed by atoms with van der Waals surface area (Å²) in [4.78, 5) is 26.3. The van der Waals surface area contributed by atoms with Crippen molar-refractivity contribution in [2.24, 2.45) is 5.92 Å². The van der Waals surface area contributed by atoms with Crippen LogP contribution >= 0.6 is 0 Å². The number of nitrogens with zero attached hydrogens (tertiary/aromatic N) is 1. The maximum absolute atomic E-state index is 12.5. The normalized spacial score (nSPS) is 21.6. The number of furan rings is 1. The minimum atomic E-state index is -0.0160. The van der Waals surface area contributed by atoms with Gasteiger partial charge in [-0.1, -0.05) is 12.1 Å². The number of hydrogen-bond donors (Lipinski definition) is 1. The molecule has 2 saturated carbocycles. The minimum absolute atomic E-state index is 0.0160. The van der Waals surface area contributed by atoms with Crippen LogP contribution in [0.3, 0.4) is 0 Å². The third-order valence-electron chi connectivity index (χ3n) is 4.94. The standard InChI is InChI=1S/C20H22N2O3/c1-22(20(24)17-11-16(17)18-3-2-10-25-18)12-13-4-6-14(7-5-13)19(23)21-15-8-9-15/h2-7,10,15-17H,8-9,11-12H2,1H3,(H,21,23)/t16-,17-/m1/s1. The molecule has 0 radical (unpaired) electrons. The van der Waals surface area contributed by atoms with Gasteiger partial charge in [-0.05, 0) is 49.1 Å². The van der Waals surface area contributed by atoms with Gasteiger partial charge in [-0.25, -0.2) is 0 Å². The van der Waals surface area contributed by atoms with Gasteiger partial charge in [-0.2, -0.15) is 0 Å². The summed E-state index contributed by atoms with van der Waals surface area (Å²) in [6.45, 7) is 0.546. The van der Waals surface area contributed by atoms with Crippen molar-refractivity contribution in [2.45, 2.75) is 37.8 Å². The Kier molecular flexibility index (Phi) is 4.07. The molecule has 0 bridgehead atoms. The topological polar surface area (TPSA) is 62.6 Å². The Hall–Kier alpha value is -2.56. The first-order valence-electron chi connectivity index (χ1n) is 8.80. The molecule has 5 nitrogen and oxygen atoms in total. The van der Waals surface area contributed by atoms with Crippen LogP contribution in [0.1, 0.15) is 46.9 Å². The fraction of sp³-hybridized carbons (Fsp3) is 0.400. The first kappa shape index (κ1) is 15.9. The SMILES string of the molecule is CN(Cc1ccc(C(=O)NC2CC2)cc1)C(=O)[C@@H]1C[C@H]1c1ccco1. The van der Waals surface area contributed by atoms with E-state index < -0.39 is 0 Å². The maximum Gasteiger partial charge on any atom is 0.251 e. The van der Waals surface area contributed by atoms with E-state index in [0.717, 1.165) is 30.6 Å². The van der Waals surface area contributed by atoms with Crippen LogP contribution in [0, 0.1) is 5.92 Å². The second-order valence-corrected chi connectivity index (χ2v) is 7.10. The molecule has 2 aliphatic carbocycles. The molecular weight excluding hydrogens is 316 g/mol. The molecule has 0 unspecified atom stereocenters. The lowest BCUT2D eigenvalue weighted by Crippen LogP contribution is -2.28. The van der Waals surface area contributed by atoms with E-state index in [0.29, 0.717) is 18.2 Å². The van der Waals surface area contributed by atoms with Crippen LogP contribution in [-0.2, 0) is 11.3 Å². The zero-order valence-corrected chi connectivity index (χ0v) is 14.3.